The van der Waals surface area contributed by atoms with Gasteiger partial charge in [0.1, 0.15) is 0 Å². The van der Waals surface area contributed by atoms with E-state index in [1.165, 1.54) is 52.2 Å². The summed E-state index contributed by atoms with van der Waals surface area (Å²) in [6.45, 7) is 6.63. The first kappa shape index (κ1) is 28.5. The number of carbonyl (C=O) groups is 1. The zero-order valence-corrected chi connectivity index (χ0v) is 24.1. The highest BCUT2D eigenvalue weighted by Crippen LogP contribution is 2.31. The quantitative estimate of drug-likeness (QED) is 0.120. The molecule has 0 spiro atoms. The Bertz CT molecular complexity index is 1620. The zero-order chi connectivity index (χ0) is 28.2. The van der Waals surface area contributed by atoms with E-state index in [-0.39, 0.29) is 15.5 Å². The van der Waals surface area contributed by atoms with Crippen molar-refractivity contribution in [3.8, 4) is 0 Å². The van der Waals surface area contributed by atoms with Gasteiger partial charge in [-0.1, -0.05) is 42.6 Å². The van der Waals surface area contributed by atoms with Gasteiger partial charge in [-0.25, -0.2) is 13.4 Å². The van der Waals surface area contributed by atoms with Crippen molar-refractivity contribution in [2.24, 2.45) is 5.10 Å². The fourth-order valence-electron chi connectivity index (χ4n) is 3.82. The lowest BCUT2D eigenvalue weighted by Crippen LogP contribution is -2.32. The summed E-state index contributed by atoms with van der Waals surface area (Å²) in [5.74, 6) is -0.518. The van der Waals surface area contributed by atoms with Crippen LogP contribution in [0.3, 0.4) is 0 Å². The zero-order valence-electron chi connectivity index (χ0n) is 21.6. The fourth-order valence-corrected chi connectivity index (χ4v) is 7.15. The summed E-state index contributed by atoms with van der Waals surface area (Å²) in [6.07, 6.45) is 2.76. The molecule has 1 amide bonds. The maximum absolute atomic E-state index is 13.6. The van der Waals surface area contributed by atoms with Crippen LogP contribution in [0.2, 0.25) is 0 Å². The molecular weight excluding hydrogens is 559 g/mol. The first-order valence-corrected chi connectivity index (χ1v) is 15.3. The Hall–Kier alpha value is -3.52. The van der Waals surface area contributed by atoms with Crippen molar-refractivity contribution in [3.05, 3.63) is 80.7 Å². The summed E-state index contributed by atoms with van der Waals surface area (Å²) in [5, 5.41) is 16.8. The van der Waals surface area contributed by atoms with Crippen molar-refractivity contribution in [3.63, 3.8) is 0 Å². The lowest BCUT2D eigenvalue weighted by atomic mass is 10.2. The van der Waals surface area contributed by atoms with Gasteiger partial charge in [0.2, 0.25) is 15.2 Å². The third-order valence-electron chi connectivity index (χ3n) is 5.68. The monoisotopic (exact) mass is 585 g/mol. The normalized spacial score (nSPS) is 12.0. The summed E-state index contributed by atoms with van der Waals surface area (Å²) >= 11 is 2.22. The molecule has 0 saturated carbocycles. The van der Waals surface area contributed by atoms with Gasteiger partial charge in [0.25, 0.3) is 5.91 Å². The minimum Gasteiger partial charge on any atom is -0.267 e. The van der Waals surface area contributed by atoms with Crippen molar-refractivity contribution >= 4 is 65.2 Å². The second-order valence-corrected chi connectivity index (χ2v) is 12.7. The van der Waals surface area contributed by atoms with Crippen LogP contribution < -0.4 is 5.01 Å². The Balaban J connectivity index is 1.69. The Kier molecular flexibility index (Phi) is 8.85. The molecule has 4 rings (SSSR count). The molecule has 0 unspecified atom stereocenters. The molecule has 0 N–H and O–H groups in total. The number of hydrogen-bond donors (Lipinski definition) is 0. The Morgan fingerprint density at radius 1 is 1.05 bits per heavy atom. The molecule has 2 heterocycles. The summed E-state index contributed by atoms with van der Waals surface area (Å²) in [4.78, 5) is 29.4. The van der Waals surface area contributed by atoms with Crippen LogP contribution in [0.15, 0.2) is 64.6 Å². The number of amides is 1. The summed E-state index contributed by atoms with van der Waals surface area (Å²) < 4.78 is 28.6. The van der Waals surface area contributed by atoms with E-state index in [0.717, 1.165) is 26.6 Å². The van der Waals surface area contributed by atoms with Gasteiger partial charge in [-0.15, -0.1) is 0 Å². The number of sulfonamides is 1. The lowest BCUT2D eigenvalue weighted by Gasteiger charge is -2.21. The fraction of sp³-hybridized carbons (Fsp3) is 0.269. The maximum Gasteiger partial charge on any atom is 0.324 e. The Labute approximate surface area is 234 Å². The number of nitro groups is 1. The molecule has 0 aliphatic heterocycles. The van der Waals surface area contributed by atoms with E-state index in [1.54, 1.807) is 6.07 Å². The SMILES string of the molecule is CCCN(CCC)S(=O)(=O)c1ccc(C(=O)N(/N=C/c2ccc([N+](=O)[O-])s2)c2nc3ccc(C)cc3s2)cc1. The minimum absolute atomic E-state index is 0.0400. The number of thiophene rings is 1. The largest absolute Gasteiger partial charge is 0.324 e. The molecule has 0 aliphatic rings. The Morgan fingerprint density at radius 2 is 1.74 bits per heavy atom. The van der Waals surface area contributed by atoms with E-state index < -0.39 is 20.9 Å². The maximum atomic E-state index is 13.6. The van der Waals surface area contributed by atoms with Crippen LogP contribution >= 0.6 is 22.7 Å². The van der Waals surface area contributed by atoms with Crippen molar-refractivity contribution in [2.75, 3.05) is 18.1 Å². The molecular formula is C26H27N5O5S3. The van der Waals surface area contributed by atoms with Crippen molar-refractivity contribution in [1.82, 2.24) is 9.29 Å². The Morgan fingerprint density at radius 3 is 2.36 bits per heavy atom. The minimum atomic E-state index is -3.70. The predicted molar refractivity (Wildman–Crippen MR) is 156 cm³/mol. The summed E-state index contributed by atoms with van der Waals surface area (Å²) in [6, 6.07) is 14.4. The highest BCUT2D eigenvalue weighted by Gasteiger charge is 2.25. The number of rotatable bonds is 11. The number of aromatic nitrogens is 1. The van der Waals surface area contributed by atoms with Gasteiger partial charge in [0.05, 0.1) is 31.1 Å². The number of benzene rings is 2. The van der Waals surface area contributed by atoms with Gasteiger partial charge >= 0.3 is 5.00 Å². The number of hydrazone groups is 1. The number of thiazole rings is 1. The summed E-state index contributed by atoms with van der Waals surface area (Å²) in [7, 11) is -3.70. The third-order valence-corrected chi connectivity index (χ3v) is 9.56. The van der Waals surface area contributed by atoms with E-state index in [2.05, 4.69) is 10.1 Å². The number of hydrogen-bond acceptors (Lipinski definition) is 9. The van der Waals surface area contributed by atoms with E-state index in [0.29, 0.717) is 41.5 Å². The van der Waals surface area contributed by atoms with Gasteiger partial charge in [0, 0.05) is 24.7 Å². The lowest BCUT2D eigenvalue weighted by molar-refractivity contribution is -0.380. The third kappa shape index (κ3) is 6.38. The van der Waals surface area contributed by atoms with E-state index in [1.807, 2.05) is 39.0 Å². The molecule has 4 aromatic rings. The molecule has 0 saturated heterocycles. The van der Waals surface area contributed by atoms with Crippen LogP contribution in [0.1, 0.15) is 47.5 Å². The second-order valence-electron chi connectivity index (χ2n) is 8.69. The smallest absolute Gasteiger partial charge is 0.267 e. The molecule has 0 bridgehead atoms. The van der Waals surface area contributed by atoms with Gasteiger partial charge in [-0.05, 0) is 67.8 Å². The van der Waals surface area contributed by atoms with Crippen LogP contribution in [-0.2, 0) is 10.0 Å². The van der Waals surface area contributed by atoms with Gasteiger partial charge in [-0.2, -0.15) is 14.4 Å². The molecule has 0 atom stereocenters. The molecule has 39 heavy (non-hydrogen) atoms. The van der Waals surface area contributed by atoms with E-state index in [4.69, 9.17) is 0 Å². The standard InChI is InChI=1S/C26H27N5O5S3/c1-4-14-29(15-5-2)39(35,36)21-10-7-19(8-11-21)25(32)30(27-17-20-9-13-24(37-20)31(33)34)26-28-22-12-6-18(3)16-23(22)38-26/h6-13,16-17H,4-5,14-15H2,1-3H3/b27-17+. The first-order chi connectivity index (χ1) is 18.6. The molecule has 0 radical (unpaired) electrons. The summed E-state index contributed by atoms with van der Waals surface area (Å²) in [5.41, 5.74) is 1.96. The number of fused-ring (bicyclic) bond motifs is 1. The molecule has 2 aromatic heterocycles. The highest BCUT2D eigenvalue weighted by molar-refractivity contribution is 7.89. The van der Waals surface area contributed by atoms with Gasteiger partial charge in [-0.3, -0.25) is 14.9 Å². The molecule has 2 aromatic carbocycles. The van der Waals surface area contributed by atoms with Crippen LogP contribution in [0.4, 0.5) is 10.1 Å². The number of anilines is 1. The average molecular weight is 586 g/mol. The predicted octanol–water partition coefficient (Wildman–Crippen LogP) is 6.07. The van der Waals surface area contributed by atoms with Crippen molar-refractivity contribution in [1.29, 1.82) is 0 Å². The van der Waals surface area contributed by atoms with Crippen LogP contribution in [0.25, 0.3) is 10.2 Å². The number of aryl methyl sites for hydroxylation is 1. The average Bonchev–Trinajstić information content (AvgIpc) is 3.56. The number of nitrogens with zero attached hydrogens (tertiary/aromatic N) is 5. The molecule has 13 heteroatoms. The van der Waals surface area contributed by atoms with Gasteiger partial charge < -0.3 is 0 Å². The second kappa shape index (κ2) is 12.1. The molecule has 0 fully saturated rings. The topological polar surface area (TPSA) is 126 Å². The first-order valence-electron chi connectivity index (χ1n) is 12.2. The van der Waals surface area contributed by atoms with Crippen LogP contribution in [-0.4, -0.2) is 47.8 Å². The van der Waals surface area contributed by atoms with Crippen LogP contribution in [0, 0.1) is 17.0 Å². The van der Waals surface area contributed by atoms with E-state index >= 15 is 0 Å². The molecule has 0 aliphatic carbocycles. The van der Waals surface area contributed by atoms with Crippen molar-refractivity contribution in [2.45, 2.75) is 38.5 Å². The van der Waals surface area contributed by atoms with E-state index in [9.17, 15) is 23.3 Å². The van der Waals surface area contributed by atoms with Crippen molar-refractivity contribution < 1.29 is 18.1 Å². The highest BCUT2D eigenvalue weighted by atomic mass is 32.2. The number of carbonyl (C=O) groups excluding carboxylic acids is 1. The molecule has 204 valence electrons. The van der Waals surface area contributed by atoms with Gasteiger partial charge in [0.15, 0.2) is 0 Å². The molecule has 10 nitrogen and oxygen atoms in total. The van der Waals surface area contributed by atoms with Crippen LogP contribution in [0.5, 0.6) is 0 Å².